The van der Waals surface area contributed by atoms with Gasteiger partial charge in [0, 0.05) is 0 Å². The first-order chi connectivity index (χ1) is 16.1. The van der Waals surface area contributed by atoms with Gasteiger partial charge in [0.1, 0.15) is 0 Å². The number of nitrogens with zero attached hydrogens (tertiary/aromatic N) is 3. The van der Waals surface area contributed by atoms with E-state index in [1.807, 2.05) is 11.5 Å². The fraction of sp³-hybridized carbons (Fsp3) is 0.333. The molecule has 0 fully saturated rings. The fourth-order valence-electron chi connectivity index (χ4n) is 3.23. The number of benzene rings is 2. The number of aromatic nitrogens is 3. The van der Waals surface area contributed by atoms with Crippen molar-refractivity contribution >= 4 is 39.8 Å². The Labute approximate surface area is 211 Å². The fourth-order valence-corrected chi connectivity index (χ4v) is 4.51. The number of phenolic OH excluding ortho intramolecular Hbond substituents is 1. The summed E-state index contributed by atoms with van der Waals surface area (Å²) in [5.41, 5.74) is 5.57. The number of halogens is 1. The molecule has 34 heavy (non-hydrogen) atoms. The molecule has 2 aromatic carbocycles. The largest absolute Gasteiger partial charge is 0.503 e. The number of carbonyl (C=O) groups excluding carboxylic acids is 1. The number of hydrogen-bond acceptors (Lipinski definition) is 6. The van der Waals surface area contributed by atoms with Crippen LogP contribution in [0.2, 0.25) is 0 Å². The van der Waals surface area contributed by atoms with E-state index < -0.39 is 0 Å². The summed E-state index contributed by atoms with van der Waals surface area (Å²) in [6.45, 7) is 9.33. The van der Waals surface area contributed by atoms with Gasteiger partial charge in [0.25, 0.3) is 11.7 Å². The van der Waals surface area contributed by atoms with E-state index in [9.17, 15) is 9.90 Å². The molecule has 0 bridgehead atoms. The van der Waals surface area contributed by atoms with E-state index in [2.05, 4.69) is 81.7 Å². The van der Waals surface area contributed by atoms with Crippen LogP contribution in [0.25, 0.3) is 11.4 Å². The molecule has 0 unspecified atom stereocenters. The third-order valence-electron chi connectivity index (χ3n) is 5.10. The molecule has 0 aliphatic rings. The number of ether oxygens (including phenoxy) is 1. The summed E-state index contributed by atoms with van der Waals surface area (Å²) in [6, 6.07) is 11.7. The summed E-state index contributed by atoms with van der Waals surface area (Å²) in [6.07, 6.45) is 1.48. The number of hydrazone groups is 1. The van der Waals surface area contributed by atoms with Crippen molar-refractivity contribution in [2.45, 2.75) is 44.8 Å². The second-order valence-electron chi connectivity index (χ2n) is 8.56. The van der Waals surface area contributed by atoms with Gasteiger partial charge < -0.3 is 9.84 Å². The lowest BCUT2D eigenvalue weighted by Crippen LogP contribution is -2.36. The van der Waals surface area contributed by atoms with Gasteiger partial charge in [0.05, 0.1) is 40.8 Å². The van der Waals surface area contributed by atoms with Crippen molar-refractivity contribution in [3.8, 4) is 22.9 Å². The highest BCUT2D eigenvalue weighted by Crippen LogP contribution is 2.34. The van der Waals surface area contributed by atoms with Crippen LogP contribution in [0.15, 0.2) is 51.1 Å². The van der Waals surface area contributed by atoms with Gasteiger partial charge in [0.15, 0.2) is 11.5 Å². The zero-order chi connectivity index (χ0) is 24.9. The highest BCUT2D eigenvalue weighted by Gasteiger charge is 2.22. The zero-order valence-corrected chi connectivity index (χ0v) is 22.2. The molecular weight excluding hydrogens is 518 g/mol. The van der Waals surface area contributed by atoms with E-state index in [1.165, 1.54) is 30.6 Å². The number of thioether (sulfide) groups is 1. The van der Waals surface area contributed by atoms with Crippen molar-refractivity contribution in [2.75, 3.05) is 12.9 Å². The molecule has 3 rings (SSSR count). The molecule has 0 aliphatic heterocycles. The normalized spacial score (nSPS) is 11.7. The van der Waals surface area contributed by atoms with Crippen LogP contribution in [0.5, 0.6) is 11.5 Å². The molecule has 0 saturated carbocycles. The van der Waals surface area contributed by atoms with E-state index in [4.69, 9.17) is 4.74 Å². The monoisotopic (exact) mass is 546 g/mol. The Hall–Kier alpha value is -2.85. The minimum atomic E-state index is -0.257. The maximum absolute atomic E-state index is 12.3. The molecule has 1 heterocycles. The van der Waals surface area contributed by atoms with Crippen LogP contribution in [0.1, 0.15) is 38.8 Å². The van der Waals surface area contributed by atoms with Crippen LogP contribution in [-0.4, -0.2) is 40.3 Å². The van der Waals surface area contributed by atoms with Crippen LogP contribution in [0, 0.1) is 0 Å². The van der Waals surface area contributed by atoms with Crippen molar-refractivity contribution in [1.82, 2.24) is 15.6 Å². The summed E-state index contributed by atoms with van der Waals surface area (Å²) in [5, 5.41) is 22.1. The van der Waals surface area contributed by atoms with Gasteiger partial charge >= 0.3 is 5.16 Å². The number of hydrogen-bond donors (Lipinski definition) is 3. The number of H-pyrrole nitrogens is 1. The lowest BCUT2D eigenvalue weighted by molar-refractivity contribution is -0.719. The van der Waals surface area contributed by atoms with Gasteiger partial charge in [-0.2, -0.15) is 5.10 Å². The molecule has 1 amide bonds. The Balaban J connectivity index is 1.62. The van der Waals surface area contributed by atoms with Crippen LogP contribution >= 0.6 is 27.7 Å². The average molecular weight is 547 g/mol. The summed E-state index contributed by atoms with van der Waals surface area (Å²) >= 11 is 4.59. The van der Waals surface area contributed by atoms with E-state index in [0.717, 1.165) is 16.5 Å². The van der Waals surface area contributed by atoms with Crippen LogP contribution in [-0.2, 0) is 16.8 Å². The van der Waals surface area contributed by atoms with Gasteiger partial charge in [0.2, 0.25) is 0 Å². The average Bonchev–Trinajstić information content (AvgIpc) is 3.22. The number of phenols is 1. The molecule has 0 atom stereocenters. The Kier molecular flexibility index (Phi) is 8.37. The van der Waals surface area contributed by atoms with Crippen LogP contribution in [0.3, 0.4) is 0 Å². The molecule has 8 nitrogen and oxygen atoms in total. The minimum Gasteiger partial charge on any atom is -0.503 e. The second-order valence-corrected chi connectivity index (χ2v) is 10.4. The SMILES string of the molecule is CC[n+]1c(SCC(=O)NN=Cc2cc(Br)c(O)c(OC)c2)n[nH]c1-c1ccc(C(C)(C)C)cc1. The maximum Gasteiger partial charge on any atom is 0.337 e. The van der Waals surface area contributed by atoms with Gasteiger partial charge in [-0.1, -0.05) is 32.9 Å². The first kappa shape index (κ1) is 25.8. The van der Waals surface area contributed by atoms with Gasteiger partial charge in [-0.05, 0) is 75.4 Å². The Morgan fingerprint density at radius 1 is 1.32 bits per heavy atom. The van der Waals surface area contributed by atoms with Crippen molar-refractivity contribution < 1.29 is 19.2 Å². The van der Waals surface area contributed by atoms with Crippen molar-refractivity contribution in [1.29, 1.82) is 0 Å². The number of amides is 1. The molecule has 0 spiro atoms. The maximum atomic E-state index is 12.3. The molecule has 3 aromatic rings. The van der Waals surface area contributed by atoms with E-state index in [-0.39, 0.29) is 22.8 Å². The van der Waals surface area contributed by atoms with Crippen molar-refractivity contribution in [3.05, 3.63) is 52.0 Å². The highest BCUT2D eigenvalue weighted by molar-refractivity contribution is 9.10. The quantitative estimate of drug-likeness (QED) is 0.168. The molecule has 180 valence electrons. The van der Waals surface area contributed by atoms with Gasteiger partial charge in [-0.15, -0.1) is 5.10 Å². The number of nitrogens with one attached hydrogen (secondary N) is 2. The lowest BCUT2D eigenvalue weighted by atomic mass is 9.87. The molecular formula is C24H29BrN5O3S+. The predicted molar refractivity (Wildman–Crippen MR) is 137 cm³/mol. The Bertz CT molecular complexity index is 1190. The predicted octanol–water partition coefficient (Wildman–Crippen LogP) is 4.40. The molecule has 0 saturated heterocycles. The van der Waals surface area contributed by atoms with Crippen LogP contribution < -0.4 is 14.7 Å². The summed E-state index contributed by atoms with van der Waals surface area (Å²) in [4.78, 5) is 12.3. The number of aromatic hydroxyl groups is 1. The Morgan fingerprint density at radius 2 is 2.03 bits per heavy atom. The molecule has 1 aromatic heterocycles. The third kappa shape index (κ3) is 6.18. The van der Waals surface area contributed by atoms with E-state index >= 15 is 0 Å². The first-order valence-corrected chi connectivity index (χ1v) is 12.5. The zero-order valence-electron chi connectivity index (χ0n) is 19.8. The van der Waals surface area contributed by atoms with Crippen molar-refractivity contribution in [2.24, 2.45) is 5.10 Å². The summed E-state index contributed by atoms with van der Waals surface area (Å²) in [7, 11) is 1.46. The lowest BCUT2D eigenvalue weighted by Gasteiger charge is -2.18. The molecule has 10 heteroatoms. The van der Waals surface area contributed by atoms with Gasteiger partial charge in [-0.3, -0.25) is 4.79 Å². The molecule has 3 N–H and O–H groups in total. The van der Waals surface area contributed by atoms with Gasteiger partial charge in [-0.25, -0.2) is 9.99 Å². The smallest absolute Gasteiger partial charge is 0.337 e. The second kappa shape index (κ2) is 11.1. The third-order valence-corrected chi connectivity index (χ3v) is 6.69. The summed E-state index contributed by atoms with van der Waals surface area (Å²) in [5.74, 6) is 1.12. The Morgan fingerprint density at radius 3 is 2.65 bits per heavy atom. The van der Waals surface area contributed by atoms with Crippen LogP contribution in [0.4, 0.5) is 0 Å². The molecule has 0 radical (unpaired) electrons. The summed E-state index contributed by atoms with van der Waals surface area (Å²) < 4.78 is 7.64. The molecule has 0 aliphatic carbocycles. The highest BCUT2D eigenvalue weighted by atomic mass is 79.9. The van der Waals surface area contributed by atoms with E-state index in [0.29, 0.717) is 22.3 Å². The first-order valence-electron chi connectivity index (χ1n) is 10.7. The minimum absolute atomic E-state index is 0.00725. The van der Waals surface area contributed by atoms with Crippen molar-refractivity contribution in [3.63, 3.8) is 0 Å². The number of carbonyl (C=O) groups is 1. The standard InChI is InChI=1S/C24H28BrN5O3S/c1-6-30-22(16-7-9-17(10-8-16)24(2,3)4)28-29-23(30)34-14-20(31)27-26-13-15-11-18(25)21(32)19(12-15)33-5/h7-13H,6,14H2,1-5H3,(H2,26,27,31,32)/p+1. The topological polar surface area (TPSA) is 103 Å². The van der Waals surface area contributed by atoms with E-state index in [1.54, 1.807) is 12.1 Å². The number of methoxy groups -OCH3 is 1. The number of aromatic amines is 1. The number of rotatable bonds is 8.